The third-order valence-corrected chi connectivity index (χ3v) is 3.21. The molecule has 21 heavy (non-hydrogen) atoms. The summed E-state index contributed by atoms with van der Waals surface area (Å²) < 4.78 is 5.59. The van der Waals surface area contributed by atoms with Crippen LogP contribution in [0.3, 0.4) is 0 Å². The highest BCUT2D eigenvalue weighted by atomic mass is 16.5. The van der Waals surface area contributed by atoms with Gasteiger partial charge in [0.1, 0.15) is 6.10 Å². The molecule has 0 amide bonds. The normalized spacial score (nSPS) is 10.6. The van der Waals surface area contributed by atoms with Crippen molar-refractivity contribution >= 4 is 0 Å². The van der Waals surface area contributed by atoms with Crippen molar-refractivity contribution < 1.29 is 20.1 Å². The van der Waals surface area contributed by atoms with Gasteiger partial charge in [-0.15, -0.1) is 0 Å². The van der Waals surface area contributed by atoms with E-state index in [0.717, 1.165) is 13.2 Å². The van der Waals surface area contributed by atoms with Crippen molar-refractivity contribution in [3.05, 3.63) is 0 Å². The average molecular weight is 306 g/mol. The largest absolute Gasteiger partial charge is 0.394 e. The SMILES string of the molecule is CCCCCCCOCCCCCCC.OCC(O)CO. The minimum absolute atomic E-state index is 0.365. The summed E-state index contributed by atoms with van der Waals surface area (Å²) in [5, 5.41) is 24.0. The summed E-state index contributed by atoms with van der Waals surface area (Å²) in [5.41, 5.74) is 0. The highest BCUT2D eigenvalue weighted by molar-refractivity contribution is 4.44. The number of unbranched alkanes of at least 4 members (excludes halogenated alkanes) is 8. The van der Waals surface area contributed by atoms with Crippen LogP contribution in [0.4, 0.5) is 0 Å². The first-order valence-corrected chi connectivity index (χ1v) is 8.70. The molecule has 0 aliphatic carbocycles. The molecule has 0 atom stereocenters. The van der Waals surface area contributed by atoms with E-state index in [9.17, 15) is 0 Å². The van der Waals surface area contributed by atoms with E-state index in [-0.39, 0.29) is 13.2 Å². The summed E-state index contributed by atoms with van der Waals surface area (Å²) in [6.07, 6.45) is 12.5. The highest BCUT2D eigenvalue weighted by Crippen LogP contribution is 2.04. The number of hydrogen-bond acceptors (Lipinski definition) is 4. The van der Waals surface area contributed by atoms with Crippen LogP contribution in [0.15, 0.2) is 0 Å². The van der Waals surface area contributed by atoms with Crippen molar-refractivity contribution in [2.24, 2.45) is 0 Å². The van der Waals surface area contributed by atoms with Gasteiger partial charge in [-0.05, 0) is 12.8 Å². The lowest BCUT2D eigenvalue weighted by Crippen LogP contribution is -2.15. The molecule has 0 aliphatic rings. The van der Waals surface area contributed by atoms with Crippen LogP contribution in [-0.2, 0) is 4.74 Å². The van der Waals surface area contributed by atoms with Crippen LogP contribution in [0.5, 0.6) is 0 Å². The molecule has 0 radical (unpaired) electrons. The molecule has 0 aromatic rings. The Labute approximate surface area is 131 Å². The van der Waals surface area contributed by atoms with Crippen molar-refractivity contribution in [3.63, 3.8) is 0 Å². The van der Waals surface area contributed by atoms with E-state index < -0.39 is 6.10 Å². The third-order valence-electron chi connectivity index (χ3n) is 3.21. The lowest BCUT2D eigenvalue weighted by Gasteiger charge is -2.03. The van der Waals surface area contributed by atoms with E-state index in [0.29, 0.717) is 0 Å². The predicted octanol–water partition coefficient (Wildman–Crippen LogP) is 3.28. The zero-order chi connectivity index (χ0) is 16.2. The summed E-state index contributed by atoms with van der Waals surface area (Å²) in [6.45, 7) is 5.75. The molecule has 0 bridgehead atoms. The zero-order valence-electron chi connectivity index (χ0n) is 14.2. The van der Waals surface area contributed by atoms with Gasteiger partial charge in [0.05, 0.1) is 13.2 Å². The quantitative estimate of drug-likeness (QED) is 0.431. The van der Waals surface area contributed by atoms with Gasteiger partial charge in [0.25, 0.3) is 0 Å². The van der Waals surface area contributed by atoms with Crippen LogP contribution in [0, 0.1) is 0 Å². The Bertz CT molecular complexity index is 149. The van der Waals surface area contributed by atoms with Gasteiger partial charge in [-0.1, -0.05) is 65.2 Å². The van der Waals surface area contributed by atoms with E-state index in [1.54, 1.807) is 0 Å². The minimum Gasteiger partial charge on any atom is -0.394 e. The van der Waals surface area contributed by atoms with E-state index >= 15 is 0 Å². The molecular formula is C17H38O4. The Morgan fingerprint density at radius 2 is 1.05 bits per heavy atom. The second kappa shape index (κ2) is 22.1. The fourth-order valence-electron chi connectivity index (χ4n) is 1.78. The van der Waals surface area contributed by atoms with Gasteiger partial charge >= 0.3 is 0 Å². The lowest BCUT2D eigenvalue weighted by molar-refractivity contribution is 0.0450. The first kappa shape index (κ1) is 23.1. The maximum atomic E-state index is 8.17. The van der Waals surface area contributed by atoms with Crippen molar-refractivity contribution in [2.45, 2.75) is 84.2 Å². The first-order valence-electron chi connectivity index (χ1n) is 8.70. The molecular weight excluding hydrogens is 268 g/mol. The molecule has 0 fully saturated rings. The molecule has 0 saturated carbocycles. The van der Waals surface area contributed by atoms with E-state index in [4.69, 9.17) is 20.1 Å². The third kappa shape index (κ3) is 25.2. The topological polar surface area (TPSA) is 69.9 Å². The first-order chi connectivity index (χ1) is 10.2. The number of rotatable bonds is 14. The van der Waals surface area contributed by atoms with Crippen molar-refractivity contribution in [2.75, 3.05) is 26.4 Å². The molecule has 4 nitrogen and oxygen atoms in total. The van der Waals surface area contributed by atoms with Crippen LogP contribution in [0.2, 0.25) is 0 Å². The minimum atomic E-state index is -0.954. The fraction of sp³-hybridized carbons (Fsp3) is 1.00. The van der Waals surface area contributed by atoms with E-state index in [2.05, 4.69) is 13.8 Å². The van der Waals surface area contributed by atoms with Crippen LogP contribution >= 0.6 is 0 Å². The second-order valence-corrected chi connectivity index (χ2v) is 5.46. The number of ether oxygens (including phenoxy) is 1. The van der Waals surface area contributed by atoms with Crippen LogP contribution < -0.4 is 0 Å². The van der Waals surface area contributed by atoms with Gasteiger partial charge in [0.15, 0.2) is 0 Å². The molecule has 0 rings (SSSR count). The Morgan fingerprint density at radius 3 is 1.33 bits per heavy atom. The van der Waals surface area contributed by atoms with Crippen LogP contribution in [0.25, 0.3) is 0 Å². The summed E-state index contributed by atoms with van der Waals surface area (Å²) in [7, 11) is 0. The van der Waals surface area contributed by atoms with Crippen molar-refractivity contribution in [3.8, 4) is 0 Å². The molecule has 0 unspecified atom stereocenters. The van der Waals surface area contributed by atoms with Gasteiger partial charge < -0.3 is 20.1 Å². The van der Waals surface area contributed by atoms with Crippen LogP contribution in [-0.4, -0.2) is 47.9 Å². The average Bonchev–Trinajstić information content (AvgIpc) is 2.52. The molecule has 0 aromatic heterocycles. The van der Waals surface area contributed by atoms with Gasteiger partial charge in [0, 0.05) is 13.2 Å². The number of aliphatic hydroxyl groups is 3. The van der Waals surface area contributed by atoms with E-state index in [1.807, 2.05) is 0 Å². The molecule has 0 aliphatic heterocycles. The molecule has 0 aromatic carbocycles. The molecule has 0 heterocycles. The lowest BCUT2D eigenvalue weighted by atomic mass is 10.1. The van der Waals surface area contributed by atoms with Gasteiger partial charge in [-0.3, -0.25) is 0 Å². The van der Waals surface area contributed by atoms with Gasteiger partial charge in [0.2, 0.25) is 0 Å². The summed E-state index contributed by atoms with van der Waals surface area (Å²) in [5.74, 6) is 0. The standard InChI is InChI=1S/C14H30O.C3H8O3/c1-3-5-7-9-11-13-15-14-12-10-8-6-4-2;4-1-3(6)2-5/h3-14H2,1-2H3;3-6H,1-2H2. The Balaban J connectivity index is 0. The molecule has 3 N–H and O–H groups in total. The van der Waals surface area contributed by atoms with E-state index in [1.165, 1.54) is 64.2 Å². The highest BCUT2D eigenvalue weighted by Gasteiger charge is 1.94. The molecule has 0 saturated heterocycles. The molecule has 130 valence electrons. The predicted molar refractivity (Wildman–Crippen MR) is 88.5 cm³/mol. The Hall–Kier alpha value is -0.160. The second-order valence-electron chi connectivity index (χ2n) is 5.46. The molecule has 0 spiro atoms. The number of aliphatic hydroxyl groups excluding tert-OH is 3. The van der Waals surface area contributed by atoms with Crippen molar-refractivity contribution in [1.29, 1.82) is 0 Å². The Morgan fingerprint density at radius 1 is 0.667 bits per heavy atom. The number of hydrogen-bond donors (Lipinski definition) is 3. The fourth-order valence-corrected chi connectivity index (χ4v) is 1.78. The van der Waals surface area contributed by atoms with Crippen molar-refractivity contribution in [1.82, 2.24) is 0 Å². The maximum Gasteiger partial charge on any atom is 0.100 e. The summed E-state index contributed by atoms with van der Waals surface area (Å²) in [4.78, 5) is 0. The van der Waals surface area contributed by atoms with Gasteiger partial charge in [-0.2, -0.15) is 0 Å². The summed E-state index contributed by atoms with van der Waals surface area (Å²) in [6, 6.07) is 0. The zero-order valence-corrected chi connectivity index (χ0v) is 14.2. The van der Waals surface area contributed by atoms with Crippen LogP contribution in [0.1, 0.15) is 78.1 Å². The van der Waals surface area contributed by atoms with Gasteiger partial charge in [-0.25, -0.2) is 0 Å². The monoisotopic (exact) mass is 306 g/mol. The molecule has 4 heteroatoms. The smallest absolute Gasteiger partial charge is 0.100 e. The maximum absolute atomic E-state index is 8.17. The summed E-state index contributed by atoms with van der Waals surface area (Å²) >= 11 is 0. The Kier molecular flexibility index (Phi) is 24.4.